The van der Waals surface area contributed by atoms with Crippen LogP contribution in [0.2, 0.25) is 0 Å². The van der Waals surface area contributed by atoms with Crippen LogP contribution < -0.4 is 11.1 Å². The Hall–Kier alpha value is -2.76. The van der Waals surface area contributed by atoms with Crippen LogP contribution in [0.25, 0.3) is 0 Å². The van der Waals surface area contributed by atoms with Gasteiger partial charge in [-0.15, -0.1) is 0 Å². The molecular weight excluding hydrogens is 278 g/mol. The molecule has 0 aliphatic carbocycles. The molecule has 0 saturated carbocycles. The molecule has 4 nitrogen and oxygen atoms in total. The van der Waals surface area contributed by atoms with Gasteiger partial charge in [-0.25, -0.2) is 8.78 Å². The van der Waals surface area contributed by atoms with Crippen molar-refractivity contribution in [2.45, 2.75) is 6.54 Å². The van der Waals surface area contributed by atoms with Gasteiger partial charge in [0.15, 0.2) is 0 Å². The second-order valence-corrected chi connectivity index (χ2v) is 4.34. The van der Waals surface area contributed by atoms with Crippen molar-refractivity contribution in [1.29, 1.82) is 0 Å². The van der Waals surface area contributed by atoms with Crippen molar-refractivity contribution in [3.05, 3.63) is 70.8 Å². The maximum atomic E-state index is 13.4. The Morgan fingerprint density at radius 3 is 2.29 bits per heavy atom. The first-order valence-electron chi connectivity index (χ1n) is 6.10. The van der Waals surface area contributed by atoms with Crippen LogP contribution in [0.5, 0.6) is 0 Å². The fourth-order valence-electron chi connectivity index (χ4n) is 1.82. The highest BCUT2D eigenvalue weighted by molar-refractivity contribution is 5.95. The highest BCUT2D eigenvalue weighted by atomic mass is 19.1. The Bertz CT molecular complexity index is 682. The minimum atomic E-state index is -0.932. The van der Waals surface area contributed by atoms with Gasteiger partial charge in [0.2, 0.25) is 5.91 Å². The summed E-state index contributed by atoms with van der Waals surface area (Å²) in [6.45, 7) is 0.0216. The minimum Gasteiger partial charge on any atom is -0.366 e. The third kappa shape index (κ3) is 3.42. The summed E-state index contributed by atoms with van der Waals surface area (Å²) in [5, 5.41) is 2.39. The summed E-state index contributed by atoms with van der Waals surface area (Å²) in [4.78, 5) is 22.8. The number of hydrogen-bond acceptors (Lipinski definition) is 2. The summed E-state index contributed by atoms with van der Waals surface area (Å²) in [7, 11) is 0. The lowest BCUT2D eigenvalue weighted by Crippen LogP contribution is -2.25. The Balaban J connectivity index is 2.11. The number of rotatable bonds is 4. The molecule has 0 spiro atoms. The van der Waals surface area contributed by atoms with Gasteiger partial charge >= 0.3 is 0 Å². The Morgan fingerprint density at radius 2 is 1.67 bits per heavy atom. The molecule has 2 aromatic carbocycles. The van der Waals surface area contributed by atoms with E-state index in [1.165, 1.54) is 18.2 Å². The molecule has 3 N–H and O–H groups in total. The van der Waals surface area contributed by atoms with Crippen molar-refractivity contribution in [2.24, 2.45) is 5.73 Å². The van der Waals surface area contributed by atoms with Crippen LogP contribution in [0.3, 0.4) is 0 Å². The van der Waals surface area contributed by atoms with E-state index in [0.717, 1.165) is 12.1 Å². The average molecular weight is 290 g/mol. The number of amides is 2. The lowest BCUT2D eigenvalue weighted by atomic mass is 10.1. The first-order valence-corrected chi connectivity index (χ1v) is 6.10. The summed E-state index contributed by atoms with van der Waals surface area (Å²) >= 11 is 0. The fraction of sp³-hybridized carbons (Fsp3) is 0.0667. The first-order chi connectivity index (χ1) is 9.99. The molecule has 0 atom stereocenters. The molecule has 21 heavy (non-hydrogen) atoms. The number of nitrogens with one attached hydrogen (secondary N) is 1. The summed E-state index contributed by atoms with van der Waals surface area (Å²) in [6.07, 6.45) is 0. The van der Waals surface area contributed by atoms with E-state index in [2.05, 4.69) is 5.32 Å². The average Bonchev–Trinajstić information content (AvgIpc) is 2.45. The van der Waals surface area contributed by atoms with Gasteiger partial charge in [0.05, 0.1) is 0 Å². The van der Waals surface area contributed by atoms with Crippen molar-refractivity contribution < 1.29 is 18.4 Å². The van der Waals surface area contributed by atoms with E-state index in [-0.39, 0.29) is 6.54 Å². The lowest BCUT2D eigenvalue weighted by molar-refractivity contribution is 0.0941. The number of carbonyl (C=O) groups excluding carboxylic acids is 2. The third-order valence-corrected chi connectivity index (χ3v) is 2.85. The molecule has 2 rings (SSSR count). The fourth-order valence-corrected chi connectivity index (χ4v) is 1.82. The van der Waals surface area contributed by atoms with Gasteiger partial charge in [-0.2, -0.15) is 0 Å². The second-order valence-electron chi connectivity index (χ2n) is 4.34. The van der Waals surface area contributed by atoms with Crippen molar-refractivity contribution in [2.75, 3.05) is 0 Å². The summed E-state index contributed by atoms with van der Waals surface area (Å²) < 4.78 is 26.9. The molecule has 0 bridgehead atoms. The maximum Gasteiger partial charge on any atom is 0.257 e. The quantitative estimate of drug-likeness (QED) is 0.904. The topological polar surface area (TPSA) is 72.2 Å². The number of nitrogens with two attached hydrogens (primary N) is 1. The predicted octanol–water partition coefficient (Wildman–Crippen LogP) is 1.99. The van der Waals surface area contributed by atoms with E-state index in [1.807, 2.05) is 0 Å². The molecule has 108 valence electrons. The molecule has 0 aliphatic heterocycles. The first kappa shape index (κ1) is 14.6. The van der Waals surface area contributed by atoms with Crippen LogP contribution in [-0.4, -0.2) is 11.8 Å². The Morgan fingerprint density at radius 1 is 1.05 bits per heavy atom. The maximum absolute atomic E-state index is 13.4. The van der Waals surface area contributed by atoms with Crippen molar-refractivity contribution >= 4 is 11.8 Å². The van der Waals surface area contributed by atoms with E-state index in [9.17, 15) is 18.4 Å². The SMILES string of the molecule is NC(=O)c1cccc(CNC(=O)c2c(F)cccc2F)c1. The van der Waals surface area contributed by atoms with Crippen LogP contribution in [0.4, 0.5) is 8.78 Å². The van der Waals surface area contributed by atoms with Crippen molar-refractivity contribution in [1.82, 2.24) is 5.32 Å². The van der Waals surface area contributed by atoms with Crippen LogP contribution in [0, 0.1) is 11.6 Å². The molecule has 0 aromatic heterocycles. The number of carbonyl (C=O) groups is 2. The molecular formula is C15H12F2N2O2. The molecule has 2 amide bonds. The van der Waals surface area contributed by atoms with Crippen LogP contribution in [-0.2, 0) is 6.54 Å². The van der Waals surface area contributed by atoms with Crippen molar-refractivity contribution in [3.8, 4) is 0 Å². The second kappa shape index (κ2) is 6.13. The molecule has 0 saturated heterocycles. The Kier molecular flexibility index (Phi) is 4.27. The summed E-state index contributed by atoms with van der Waals surface area (Å²) in [5.74, 6) is -3.32. The van der Waals surface area contributed by atoms with Crippen molar-refractivity contribution in [3.63, 3.8) is 0 Å². The zero-order valence-electron chi connectivity index (χ0n) is 10.9. The summed E-state index contributed by atoms with van der Waals surface area (Å²) in [6, 6.07) is 9.48. The number of hydrogen-bond donors (Lipinski definition) is 2. The minimum absolute atomic E-state index is 0.0216. The molecule has 0 radical (unpaired) electrons. The molecule has 2 aromatic rings. The van der Waals surface area contributed by atoms with E-state index in [4.69, 9.17) is 5.73 Å². The van der Waals surface area contributed by atoms with Crippen LogP contribution >= 0.6 is 0 Å². The van der Waals surface area contributed by atoms with Gasteiger partial charge in [-0.3, -0.25) is 9.59 Å². The van der Waals surface area contributed by atoms with Gasteiger partial charge in [-0.05, 0) is 29.8 Å². The largest absolute Gasteiger partial charge is 0.366 e. The van der Waals surface area contributed by atoms with E-state index in [0.29, 0.717) is 11.1 Å². The smallest absolute Gasteiger partial charge is 0.257 e. The van der Waals surface area contributed by atoms with E-state index < -0.39 is 29.0 Å². The van der Waals surface area contributed by atoms with Crippen LogP contribution in [0.1, 0.15) is 26.3 Å². The predicted molar refractivity (Wildman–Crippen MR) is 72.5 cm³/mol. The standard InChI is InChI=1S/C15H12F2N2O2/c16-11-5-2-6-12(17)13(11)15(21)19-8-9-3-1-4-10(7-9)14(18)20/h1-7H,8H2,(H2,18,20)(H,19,21). The normalized spacial score (nSPS) is 10.2. The Labute approximate surface area is 119 Å². The molecule has 0 unspecified atom stereocenters. The van der Waals surface area contributed by atoms with Gasteiger partial charge < -0.3 is 11.1 Å². The highest BCUT2D eigenvalue weighted by Gasteiger charge is 2.16. The molecule has 0 aliphatic rings. The number of halogens is 2. The third-order valence-electron chi connectivity index (χ3n) is 2.85. The van der Waals surface area contributed by atoms with Gasteiger partial charge in [0.1, 0.15) is 17.2 Å². The summed E-state index contributed by atoms with van der Waals surface area (Å²) in [5.41, 5.74) is 5.39. The van der Waals surface area contributed by atoms with Gasteiger partial charge in [0, 0.05) is 12.1 Å². The van der Waals surface area contributed by atoms with E-state index in [1.54, 1.807) is 12.1 Å². The number of primary amides is 1. The zero-order valence-corrected chi connectivity index (χ0v) is 10.9. The zero-order chi connectivity index (χ0) is 15.4. The lowest BCUT2D eigenvalue weighted by Gasteiger charge is -2.08. The van der Waals surface area contributed by atoms with E-state index >= 15 is 0 Å². The molecule has 0 heterocycles. The van der Waals surface area contributed by atoms with Crippen LogP contribution in [0.15, 0.2) is 42.5 Å². The van der Waals surface area contributed by atoms with Gasteiger partial charge in [-0.1, -0.05) is 18.2 Å². The molecule has 0 fully saturated rings. The monoisotopic (exact) mass is 290 g/mol. The molecule has 6 heteroatoms. The number of benzene rings is 2. The van der Waals surface area contributed by atoms with Gasteiger partial charge in [0.25, 0.3) is 5.91 Å². The highest BCUT2D eigenvalue weighted by Crippen LogP contribution is 2.12.